The topological polar surface area (TPSA) is 53.4 Å². The second-order valence-electron chi connectivity index (χ2n) is 7.67. The van der Waals surface area contributed by atoms with Gasteiger partial charge >= 0.3 is 5.97 Å². The number of esters is 1. The molecule has 1 saturated carbocycles. The van der Waals surface area contributed by atoms with E-state index in [9.17, 15) is 4.79 Å². The predicted octanol–water partition coefficient (Wildman–Crippen LogP) is 4.93. The molecule has 0 N–H and O–H groups in total. The van der Waals surface area contributed by atoms with Crippen molar-refractivity contribution in [2.24, 2.45) is 0 Å². The van der Waals surface area contributed by atoms with E-state index in [2.05, 4.69) is 10.6 Å². The summed E-state index contributed by atoms with van der Waals surface area (Å²) < 4.78 is 13.2. The van der Waals surface area contributed by atoms with Crippen molar-refractivity contribution < 1.29 is 14.3 Å². The van der Waals surface area contributed by atoms with Crippen molar-refractivity contribution in [3.8, 4) is 17.1 Å². The number of benzene rings is 1. The van der Waals surface area contributed by atoms with Crippen LogP contribution in [0.15, 0.2) is 36.5 Å². The van der Waals surface area contributed by atoms with Crippen LogP contribution >= 0.6 is 0 Å². The molecule has 5 nitrogen and oxygen atoms in total. The van der Waals surface area contributed by atoms with Gasteiger partial charge in [-0.05, 0) is 48.6 Å². The lowest BCUT2D eigenvalue weighted by molar-refractivity contribution is 0.0601. The number of aromatic nitrogens is 2. The minimum Gasteiger partial charge on any atom is -0.489 e. The molecule has 2 aromatic heterocycles. The van der Waals surface area contributed by atoms with Crippen molar-refractivity contribution in [1.29, 1.82) is 0 Å². The number of pyridine rings is 1. The summed E-state index contributed by atoms with van der Waals surface area (Å²) in [6, 6.07) is 9.87. The van der Waals surface area contributed by atoms with E-state index in [0.29, 0.717) is 18.1 Å². The van der Waals surface area contributed by atoms with E-state index in [4.69, 9.17) is 14.5 Å². The van der Waals surface area contributed by atoms with Gasteiger partial charge in [-0.15, -0.1) is 0 Å². The molecule has 1 aliphatic carbocycles. The van der Waals surface area contributed by atoms with Gasteiger partial charge in [-0.1, -0.05) is 25.3 Å². The normalized spacial score (nSPS) is 16.8. The summed E-state index contributed by atoms with van der Waals surface area (Å²) in [7, 11) is 1.42. The minimum absolute atomic E-state index is 0.305. The van der Waals surface area contributed by atoms with Gasteiger partial charge in [-0.25, -0.2) is 4.79 Å². The third-order valence-electron chi connectivity index (χ3n) is 6.11. The summed E-state index contributed by atoms with van der Waals surface area (Å²) >= 11 is 0. The maximum absolute atomic E-state index is 12.1. The van der Waals surface area contributed by atoms with Crippen molar-refractivity contribution in [1.82, 2.24) is 9.55 Å². The molecule has 2 aliphatic rings. The highest BCUT2D eigenvalue weighted by Crippen LogP contribution is 2.46. The van der Waals surface area contributed by atoms with E-state index in [0.717, 1.165) is 29.2 Å². The highest BCUT2D eigenvalue weighted by atomic mass is 16.5. The highest BCUT2D eigenvalue weighted by molar-refractivity contribution is 5.99. The van der Waals surface area contributed by atoms with Gasteiger partial charge < -0.3 is 14.0 Å². The van der Waals surface area contributed by atoms with E-state index in [-0.39, 0.29) is 5.97 Å². The van der Waals surface area contributed by atoms with Crippen molar-refractivity contribution >= 4 is 16.9 Å². The predicted molar refractivity (Wildman–Crippen MR) is 108 cm³/mol. The molecular formula is C23H24N2O3. The second kappa shape index (κ2) is 6.97. The summed E-state index contributed by atoms with van der Waals surface area (Å²) in [5.74, 6) is 1.05. The zero-order valence-electron chi connectivity index (χ0n) is 16.1. The molecular weight excluding hydrogens is 352 g/mol. The van der Waals surface area contributed by atoms with Crippen molar-refractivity contribution in [2.75, 3.05) is 13.7 Å². The van der Waals surface area contributed by atoms with Crippen LogP contribution in [-0.2, 0) is 11.3 Å². The van der Waals surface area contributed by atoms with Crippen molar-refractivity contribution in [3.63, 3.8) is 0 Å². The van der Waals surface area contributed by atoms with E-state index < -0.39 is 0 Å². The molecule has 5 rings (SSSR count). The molecule has 1 aliphatic heterocycles. The third kappa shape index (κ3) is 2.68. The first-order valence-corrected chi connectivity index (χ1v) is 10.1. The Morgan fingerprint density at radius 2 is 2.07 bits per heavy atom. The average molecular weight is 376 g/mol. The molecule has 5 heteroatoms. The van der Waals surface area contributed by atoms with Gasteiger partial charge in [0, 0.05) is 17.1 Å². The van der Waals surface area contributed by atoms with Gasteiger partial charge in [0.15, 0.2) is 0 Å². The number of nitrogens with zero attached hydrogens (tertiary/aromatic N) is 2. The van der Waals surface area contributed by atoms with E-state index in [1.54, 1.807) is 0 Å². The Morgan fingerprint density at radius 1 is 1.21 bits per heavy atom. The molecule has 0 amide bonds. The standard InChI is InChI=1S/C23H24N2O3/c1-27-23(26)16-9-10-17-18(14-16)25-12-13-28-19-8-5-11-24-21(19)22(25)20(17)15-6-3-2-4-7-15/h5,8-11,14-15H,2-4,6-7,12-13H2,1H3. The van der Waals surface area contributed by atoms with Crippen molar-refractivity contribution in [3.05, 3.63) is 47.7 Å². The molecule has 0 saturated heterocycles. The first-order chi connectivity index (χ1) is 13.8. The van der Waals surface area contributed by atoms with Crippen LogP contribution in [-0.4, -0.2) is 29.2 Å². The number of carbonyl (C=O) groups excluding carboxylic acids is 1. The number of hydrogen-bond acceptors (Lipinski definition) is 4. The fraction of sp³-hybridized carbons (Fsp3) is 0.391. The maximum Gasteiger partial charge on any atom is 0.337 e. The first-order valence-electron chi connectivity index (χ1n) is 10.1. The van der Waals surface area contributed by atoms with Crippen LogP contribution in [0.25, 0.3) is 22.3 Å². The van der Waals surface area contributed by atoms with Gasteiger partial charge in [0.1, 0.15) is 18.1 Å². The van der Waals surface area contributed by atoms with Crippen LogP contribution < -0.4 is 4.74 Å². The Morgan fingerprint density at radius 3 is 2.89 bits per heavy atom. The van der Waals surface area contributed by atoms with Crippen molar-refractivity contribution in [2.45, 2.75) is 44.6 Å². The smallest absolute Gasteiger partial charge is 0.337 e. The maximum atomic E-state index is 12.1. The third-order valence-corrected chi connectivity index (χ3v) is 6.11. The Labute approximate surface area is 164 Å². The number of ether oxygens (including phenoxy) is 2. The molecule has 0 bridgehead atoms. The monoisotopic (exact) mass is 376 g/mol. The largest absolute Gasteiger partial charge is 0.489 e. The van der Waals surface area contributed by atoms with Crippen LogP contribution in [0.1, 0.15) is 53.9 Å². The zero-order valence-corrected chi connectivity index (χ0v) is 16.1. The summed E-state index contributed by atoms with van der Waals surface area (Å²) in [5, 5.41) is 1.23. The number of carbonyl (C=O) groups is 1. The molecule has 144 valence electrons. The number of fused-ring (bicyclic) bond motifs is 5. The van der Waals surface area contributed by atoms with Gasteiger partial charge in [0.2, 0.25) is 0 Å². The molecule has 3 heterocycles. The zero-order chi connectivity index (χ0) is 19.1. The highest BCUT2D eigenvalue weighted by Gasteiger charge is 2.30. The molecule has 0 spiro atoms. The Balaban J connectivity index is 1.81. The molecule has 1 fully saturated rings. The molecule has 28 heavy (non-hydrogen) atoms. The van der Waals surface area contributed by atoms with Gasteiger partial charge in [0.25, 0.3) is 0 Å². The molecule has 0 radical (unpaired) electrons. The van der Waals surface area contributed by atoms with E-state index in [1.807, 2.05) is 30.5 Å². The Bertz CT molecular complexity index is 1050. The van der Waals surface area contributed by atoms with Crippen LogP contribution in [0, 0.1) is 0 Å². The summed E-state index contributed by atoms with van der Waals surface area (Å²) in [4.78, 5) is 16.8. The lowest BCUT2D eigenvalue weighted by atomic mass is 9.82. The average Bonchev–Trinajstić information content (AvgIpc) is 2.95. The summed E-state index contributed by atoms with van der Waals surface area (Å²) in [5.41, 5.74) is 5.10. The van der Waals surface area contributed by atoms with Gasteiger partial charge in [0.05, 0.1) is 24.9 Å². The Kier molecular flexibility index (Phi) is 4.30. The van der Waals surface area contributed by atoms with E-state index >= 15 is 0 Å². The van der Waals surface area contributed by atoms with Crippen LogP contribution in [0.3, 0.4) is 0 Å². The summed E-state index contributed by atoms with van der Waals surface area (Å²) in [6.07, 6.45) is 8.09. The quantitative estimate of drug-likeness (QED) is 0.595. The Hall–Kier alpha value is -2.82. The lowest BCUT2D eigenvalue weighted by Gasteiger charge is -2.23. The van der Waals surface area contributed by atoms with Crippen LogP contribution in [0.4, 0.5) is 0 Å². The summed E-state index contributed by atoms with van der Waals surface area (Å²) in [6.45, 7) is 1.32. The van der Waals surface area contributed by atoms with Gasteiger partial charge in [-0.2, -0.15) is 0 Å². The van der Waals surface area contributed by atoms with Crippen LogP contribution in [0.2, 0.25) is 0 Å². The minimum atomic E-state index is -0.305. The number of rotatable bonds is 2. The SMILES string of the molecule is COC(=O)c1ccc2c(C3CCCCC3)c3n(c2c1)CCOc1cccnc1-3. The lowest BCUT2D eigenvalue weighted by Crippen LogP contribution is -2.08. The van der Waals surface area contributed by atoms with Crippen LogP contribution in [0.5, 0.6) is 5.75 Å². The second-order valence-corrected chi connectivity index (χ2v) is 7.67. The van der Waals surface area contributed by atoms with E-state index in [1.165, 1.54) is 50.2 Å². The molecule has 3 aromatic rings. The number of methoxy groups -OCH3 is 1. The first kappa shape index (κ1) is 17.3. The number of hydrogen-bond donors (Lipinski definition) is 0. The molecule has 1 aromatic carbocycles. The molecule has 0 atom stereocenters. The fourth-order valence-electron chi connectivity index (χ4n) is 4.84. The molecule has 0 unspecified atom stereocenters. The van der Waals surface area contributed by atoms with Gasteiger partial charge in [-0.3, -0.25) is 4.98 Å². The fourth-order valence-corrected chi connectivity index (χ4v) is 4.84.